The van der Waals surface area contributed by atoms with E-state index in [2.05, 4.69) is 48.8 Å². The third-order valence-electron chi connectivity index (χ3n) is 3.39. The summed E-state index contributed by atoms with van der Waals surface area (Å²) in [7, 11) is 0. The van der Waals surface area contributed by atoms with Crippen LogP contribution in [0, 0.1) is 5.92 Å². The van der Waals surface area contributed by atoms with Crippen molar-refractivity contribution in [1.82, 2.24) is 10.2 Å². The molecule has 1 aliphatic heterocycles. The molecule has 0 spiro atoms. The molecule has 1 N–H and O–H groups in total. The second kappa shape index (κ2) is 7.36. The van der Waals surface area contributed by atoms with E-state index in [1.54, 1.807) is 0 Å². The molecule has 0 bridgehead atoms. The molecule has 3 nitrogen and oxygen atoms in total. The SMILES string of the molecule is CC(C)CNCc1occc1CN1CCSC(C)C1. The van der Waals surface area contributed by atoms with Gasteiger partial charge >= 0.3 is 0 Å². The lowest BCUT2D eigenvalue weighted by atomic mass is 10.2. The summed E-state index contributed by atoms with van der Waals surface area (Å²) in [5, 5.41) is 4.21. The first-order valence-electron chi connectivity index (χ1n) is 7.25. The van der Waals surface area contributed by atoms with Gasteiger partial charge in [0.05, 0.1) is 12.8 Å². The molecule has 108 valence electrons. The summed E-state index contributed by atoms with van der Waals surface area (Å²) < 4.78 is 5.62. The van der Waals surface area contributed by atoms with Gasteiger partial charge in [0.2, 0.25) is 0 Å². The Kier molecular flexibility index (Phi) is 5.79. The van der Waals surface area contributed by atoms with Crippen LogP contribution in [-0.4, -0.2) is 35.5 Å². The van der Waals surface area contributed by atoms with E-state index in [1.807, 2.05) is 6.26 Å². The molecule has 19 heavy (non-hydrogen) atoms. The minimum atomic E-state index is 0.679. The van der Waals surface area contributed by atoms with Crippen molar-refractivity contribution in [3.63, 3.8) is 0 Å². The zero-order chi connectivity index (χ0) is 13.7. The van der Waals surface area contributed by atoms with Crippen molar-refractivity contribution >= 4 is 11.8 Å². The number of nitrogens with zero attached hydrogens (tertiary/aromatic N) is 1. The summed E-state index contributed by atoms with van der Waals surface area (Å²) in [5.41, 5.74) is 1.34. The van der Waals surface area contributed by atoms with Gasteiger partial charge < -0.3 is 9.73 Å². The molecule has 1 fully saturated rings. The zero-order valence-corrected chi connectivity index (χ0v) is 13.1. The number of thioether (sulfide) groups is 1. The molecule has 0 saturated carbocycles. The summed E-state index contributed by atoms with van der Waals surface area (Å²) in [6, 6.07) is 2.12. The van der Waals surface area contributed by atoms with Gasteiger partial charge in [0.1, 0.15) is 5.76 Å². The first kappa shape index (κ1) is 14.9. The summed E-state index contributed by atoms with van der Waals surface area (Å²) in [5.74, 6) is 3.03. The molecule has 2 heterocycles. The maximum atomic E-state index is 5.62. The Morgan fingerprint density at radius 1 is 1.53 bits per heavy atom. The Balaban J connectivity index is 1.84. The van der Waals surface area contributed by atoms with Crippen molar-refractivity contribution in [3.05, 3.63) is 23.7 Å². The van der Waals surface area contributed by atoms with Crippen molar-refractivity contribution in [2.75, 3.05) is 25.4 Å². The molecule has 0 radical (unpaired) electrons. The van der Waals surface area contributed by atoms with Gasteiger partial charge in [-0.2, -0.15) is 11.8 Å². The fourth-order valence-corrected chi connectivity index (χ4v) is 3.49. The van der Waals surface area contributed by atoms with Crippen LogP contribution >= 0.6 is 11.8 Å². The molecule has 1 aliphatic rings. The predicted octanol–water partition coefficient (Wildman–Crippen LogP) is 2.96. The average Bonchev–Trinajstić information content (AvgIpc) is 2.76. The predicted molar refractivity (Wildman–Crippen MR) is 82.4 cm³/mol. The van der Waals surface area contributed by atoms with Crippen molar-refractivity contribution < 1.29 is 4.42 Å². The van der Waals surface area contributed by atoms with Crippen molar-refractivity contribution in [2.45, 2.75) is 39.1 Å². The quantitative estimate of drug-likeness (QED) is 0.868. The topological polar surface area (TPSA) is 28.4 Å². The summed E-state index contributed by atoms with van der Waals surface area (Å²) in [6.07, 6.45) is 1.82. The monoisotopic (exact) mass is 282 g/mol. The average molecular weight is 282 g/mol. The molecule has 0 aromatic carbocycles. The lowest BCUT2D eigenvalue weighted by Gasteiger charge is -2.30. The molecule has 1 aromatic rings. The molecule has 1 saturated heterocycles. The molecule has 0 aliphatic carbocycles. The van der Waals surface area contributed by atoms with E-state index in [0.29, 0.717) is 5.92 Å². The van der Waals surface area contributed by atoms with Gasteiger partial charge in [-0.25, -0.2) is 0 Å². The van der Waals surface area contributed by atoms with E-state index in [9.17, 15) is 0 Å². The Morgan fingerprint density at radius 3 is 3.11 bits per heavy atom. The van der Waals surface area contributed by atoms with E-state index in [4.69, 9.17) is 4.42 Å². The van der Waals surface area contributed by atoms with E-state index >= 15 is 0 Å². The Morgan fingerprint density at radius 2 is 2.37 bits per heavy atom. The number of hydrogen-bond donors (Lipinski definition) is 1. The number of furan rings is 1. The van der Waals surface area contributed by atoms with E-state index in [0.717, 1.165) is 30.6 Å². The molecular weight excluding hydrogens is 256 g/mol. The Hall–Kier alpha value is -0.450. The van der Waals surface area contributed by atoms with Crippen molar-refractivity contribution in [2.24, 2.45) is 5.92 Å². The van der Waals surface area contributed by atoms with Gasteiger partial charge in [-0.1, -0.05) is 20.8 Å². The molecular formula is C15H26N2OS. The molecule has 0 amide bonds. The standard InChI is InChI=1S/C15H26N2OS/c1-12(2)8-16-9-15-14(4-6-18-15)11-17-5-7-19-13(3)10-17/h4,6,12-13,16H,5,7-11H2,1-3H3. The summed E-state index contributed by atoms with van der Waals surface area (Å²) in [6.45, 7) is 12.1. The van der Waals surface area contributed by atoms with Crippen LogP contribution in [0.5, 0.6) is 0 Å². The van der Waals surface area contributed by atoms with Crippen LogP contribution in [0.3, 0.4) is 0 Å². The van der Waals surface area contributed by atoms with Crippen LogP contribution in [0.2, 0.25) is 0 Å². The van der Waals surface area contributed by atoms with Crippen LogP contribution in [-0.2, 0) is 13.1 Å². The van der Waals surface area contributed by atoms with Gasteiger partial charge in [0.15, 0.2) is 0 Å². The first-order chi connectivity index (χ1) is 9.15. The van der Waals surface area contributed by atoms with E-state index < -0.39 is 0 Å². The number of rotatable bonds is 6. The minimum Gasteiger partial charge on any atom is -0.468 e. The first-order valence-corrected chi connectivity index (χ1v) is 8.30. The van der Waals surface area contributed by atoms with E-state index in [-0.39, 0.29) is 0 Å². The zero-order valence-electron chi connectivity index (χ0n) is 12.3. The van der Waals surface area contributed by atoms with Crippen LogP contribution in [0.15, 0.2) is 16.7 Å². The van der Waals surface area contributed by atoms with Crippen LogP contribution in [0.1, 0.15) is 32.1 Å². The molecule has 1 atom stereocenters. The molecule has 4 heteroatoms. The van der Waals surface area contributed by atoms with Crippen molar-refractivity contribution in [1.29, 1.82) is 0 Å². The molecule has 1 aromatic heterocycles. The smallest absolute Gasteiger partial charge is 0.122 e. The van der Waals surface area contributed by atoms with Crippen molar-refractivity contribution in [3.8, 4) is 0 Å². The van der Waals surface area contributed by atoms with Gasteiger partial charge in [-0.15, -0.1) is 0 Å². The molecule has 1 unspecified atom stereocenters. The van der Waals surface area contributed by atoms with Crippen LogP contribution in [0.4, 0.5) is 0 Å². The second-order valence-electron chi connectivity index (χ2n) is 5.81. The fourth-order valence-electron chi connectivity index (χ4n) is 2.41. The highest BCUT2D eigenvalue weighted by molar-refractivity contribution is 7.99. The number of hydrogen-bond acceptors (Lipinski definition) is 4. The highest BCUT2D eigenvalue weighted by Gasteiger charge is 2.18. The Labute approximate surface area is 121 Å². The Bertz CT molecular complexity index is 378. The maximum absolute atomic E-state index is 5.62. The number of nitrogens with one attached hydrogen (secondary N) is 1. The van der Waals surface area contributed by atoms with Gasteiger partial charge in [0.25, 0.3) is 0 Å². The van der Waals surface area contributed by atoms with Gasteiger partial charge in [0, 0.05) is 36.2 Å². The summed E-state index contributed by atoms with van der Waals surface area (Å²) in [4.78, 5) is 2.54. The highest BCUT2D eigenvalue weighted by atomic mass is 32.2. The van der Waals surface area contributed by atoms with Crippen LogP contribution in [0.25, 0.3) is 0 Å². The van der Waals surface area contributed by atoms with Gasteiger partial charge in [-0.05, 0) is 18.5 Å². The lowest BCUT2D eigenvalue weighted by molar-refractivity contribution is 0.275. The third kappa shape index (κ3) is 4.86. The third-order valence-corrected chi connectivity index (χ3v) is 4.53. The summed E-state index contributed by atoms with van der Waals surface area (Å²) >= 11 is 2.08. The largest absolute Gasteiger partial charge is 0.468 e. The fraction of sp³-hybridized carbons (Fsp3) is 0.733. The van der Waals surface area contributed by atoms with Gasteiger partial charge in [-0.3, -0.25) is 4.90 Å². The lowest BCUT2D eigenvalue weighted by Crippen LogP contribution is -2.36. The second-order valence-corrected chi connectivity index (χ2v) is 7.36. The normalized spacial score (nSPS) is 21.2. The maximum Gasteiger partial charge on any atom is 0.122 e. The van der Waals surface area contributed by atoms with Crippen LogP contribution < -0.4 is 5.32 Å². The van der Waals surface area contributed by atoms with E-state index in [1.165, 1.54) is 24.4 Å². The minimum absolute atomic E-state index is 0.679. The molecule has 2 rings (SSSR count). The highest BCUT2D eigenvalue weighted by Crippen LogP contribution is 2.21.